The van der Waals surface area contributed by atoms with Gasteiger partial charge in [-0.1, -0.05) is 23.7 Å². The summed E-state index contributed by atoms with van der Waals surface area (Å²) in [5.41, 5.74) is 2.16. The molecule has 6 nitrogen and oxygen atoms in total. The zero-order chi connectivity index (χ0) is 22.0. The molecule has 0 radical (unpaired) electrons. The molecular weight excluding hydrogens is 416 g/mol. The van der Waals surface area contributed by atoms with Crippen molar-refractivity contribution < 1.29 is 18.7 Å². The van der Waals surface area contributed by atoms with Crippen LogP contribution in [0.4, 0.5) is 4.79 Å². The van der Waals surface area contributed by atoms with E-state index in [1.54, 1.807) is 11.2 Å². The van der Waals surface area contributed by atoms with Gasteiger partial charge < -0.3 is 18.8 Å². The minimum atomic E-state index is -0.480. The first kappa shape index (κ1) is 21.5. The zero-order valence-corrected chi connectivity index (χ0v) is 18.8. The van der Waals surface area contributed by atoms with Crippen LogP contribution < -0.4 is 4.74 Å². The number of likely N-dealkylation sites (tertiary alicyclic amines) is 1. The molecule has 31 heavy (non-hydrogen) atoms. The van der Waals surface area contributed by atoms with E-state index in [9.17, 15) is 4.79 Å². The number of rotatable bonds is 4. The third-order valence-electron chi connectivity index (χ3n) is 5.33. The number of amides is 1. The number of carbonyl (C=O) groups is 1. The molecule has 0 bridgehead atoms. The Labute approximate surface area is 187 Å². The monoisotopic (exact) mass is 442 g/mol. The van der Waals surface area contributed by atoms with Crippen LogP contribution in [0.15, 0.2) is 47.1 Å². The predicted octanol–water partition coefficient (Wildman–Crippen LogP) is 6.17. The molecule has 0 aliphatic carbocycles. The van der Waals surface area contributed by atoms with Gasteiger partial charge in [-0.05, 0) is 51.8 Å². The van der Waals surface area contributed by atoms with Gasteiger partial charge in [-0.15, -0.1) is 0 Å². The molecule has 1 amide bonds. The van der Waals surface area contributed by atoms with Crippen LogP contribution >= 0.6 is 11.6 Å². The lowest BCUT2D eigenvalue weighted by atomic mass is 9.93. The highest BCUT2D eigenvalue weighted by Gasteiger charge is 2.28. The second kappa shape index (κ2) is 8.79. The van der Waals surface area contributed by atoms with Crippen LogP contribution in [0.5, 0.6) is 5.88 Å². The molecule has 2 aromatic heterocycles. The topological polar surface area (TPSA) is 64.8 Å². The van der Waals surface area contributed by atoms with Crippen LogP contribution in [0.1, 0.15) is 50.8 Å². The van der Waals surface area contributed by atoms with Crippen molar-refractivity contribution in [1.82, 2.24) is 9.88 Å². The van der Waals surface area contributed by atoms with Gasteiger partial charge in [0.25, 0.3) is 0 Å². The normalized spacial score (nSPS) is 15.3. The van der Waals surface area contributed by atoms with Crippen molar-refractivity contribution in [2.45, 2.75) is 51.7 Å². The van der Waals surface area contributed by atoms with E-state index in [2.05, 4.69) is 0 Å². The summed E-state index contributed by atoms with van der Waals surface area (Å²) in [4.78, 5) is 18.8. The van der Waals surface area contributed by atoms with E-state index < -0.39 is 5.60 Å². The van der Waals surface area contributed by atoms with Gasteiger partial charge in [-0.3, -0.25) is 0 Å². The maximum atomic E-state index is 12.3. The van der Waals surface area contributed by atoms with E-state index in [0.29, 0.717) is 30.6 Å². The Morgan fingerprint density at radius 1 is 1.19 bits per heavy atom. The maximum Gasteiger partial charge on any atom is 0.410 e. The number of nitrogens with zero attached hydrogens (tertiary/aromatic N) is 2. The third kappa shape index (κ3) is 5.13. The summed E-state index contributed by atoms with van der Waals surface area (Å²) in [6, 6.07) is 11.4. The molecule has 0 unspecified atom stereocenters. The predicted molar refractivity (Wildman–Crippen MR) is 120 cm³/mol. The highest BCUT2D eigenvalue weighted by molar-refractivity contribution is 6.35. The van der Waals surface area contributed by atoms with Gasteiger partial charge in [0.15, 0.2) is 0 Å². The molecule has 3 aromatic rings. The summed E-state index contributed by atoms with van der Waals surface area (Å²) < 4.78 is 17.0. The second-order valence-corrected chi connectivity index (χ2v) is 9.21. The molecule has 7 heteroatoms. The first-order chi connectivity index (χ1) is 14.8. The van der Waals surface area contributed by atoms with Crippen molar-refractivity contribution in [1.29, 1.82) is 0 Å². The summed E-state index contributed by atoms with van der Waals surface area (Å²) in [6.45, 7) is 7.31. The minimum Gasteiger partial charge on any atom is -0.473 e. The molecule has 1 fully saturated rings. The van der Waals surface area contributed by atoms with Gasteiger partial charge in [0.2, 0.25) is 5.88 Å². The molecule has 0 saturated carbocycles. The number of hydrogen-bond acceptors (Lipinski definition) is 5. The maximum absolute atomic E-state index is 12.3. The molecule has 4 rings (SSSR count). The van der Waals surface area contributed by atoms with E-state index in [-0.39, 0.29) is 12.0 Å². The van der Waals surface area contributed by atoms with Gasteiger partial charge in [0, 0.05) is 41.7 Å². The molecule has 0 N–H and O–H groups in total. The Morgan fingerprint density at radius 3 is 2.71 bits per heavy atom. The van der Waals surface area contributed by atoms with Crippen LogP contribution in [0.3, 0.4) is 0 Å². The number of halogens is 1. The van der Waals surface area contributed by atoms with Crippen molar-refractivity contribution in [3.05, 3.63) is 58.9 Å². The van der Waals surface area contributed by atoms with Crippen molar-refractivity contribution >= 4 is 28.7 Å². The second-order valence-electron chi connectivity index (χ2n) is 8.80. The fraction of sp³-hybridized carbons (Fsp3) is 0.417. The number of furan rings is 1. The number of hydrogen-bond donors (Lipinski definition) is 0. The van der Waals surface area contributed by atoms with Crippen LogP contribution in [-0.4, -0.2) is 34.7 Å². The van der Waals surface area contributed by atoms with E-state index >= 15 is 0 Å². The summed E-state index contributed by atoms with van der Waals surface area (Å²) in [5, 5.41) is 1.53. The summed E-state index contributed by atoms with van der Waals surface area (Å²) in [5.74, 6) is 0.858. The Balaban J connectivity index is 1.37. The van der Waals surface area contributed by atoms with Gasteiger partial charge in [-0.25, -0.2) is 9.78 Å². The molecular formula is C24H27ClN2O4. The van der Waals surface area contributed by atoms with Crippen LogP contribution in [0, 0.1) is 0 Å². The highest BCUT2D eigenvalue weighted by Crippen LogP contribution is 2.30. The van der Waals surface area contributed by atoms with Gasteiger partial charge in [0.05, 0.1) is 11.3 Å². The van der Waals surface area contributed by atoms with Crippen molar-refractivity contribution in [2.24, 2.45) is 0 Å². The lowest BCUT2D eigenvalue weighted by Crippen LogP contribution is -2.41. The van der Waals surface area contributed by atoms with Gasteiger partial charge >= 0.3 is 6.09 Å². The van der Waals surface area contributed by atoms with E-state index in [1.165, 1.54) is 0 Å². The van der Waals surface area contributed by atoms with E-state index in [4.69, 9.17) is 30.5 Å². The standard InChI is InChI=1S/C24H27ClN2O4/c1-24(2,3)31-23(28)27-12-9-16(10-13-27)20-5-4-6-21(26-20)30-15-17-7-8-19(25)18-11-14-29-22(17)18/h4-8,11,14,16H,9-10,12-13,15H2,1-3H3. The molecule has 0 spiro atoms. The number of fused-ring (bicyclic) bond motifs is 1. The number of ether oxygens (including phenoxy) is 2. The Morgan fingerprint density at radius 2 is 1.97 bits per heavy atom. The smallest absolute Gasteiger partial charge is 0.410 e. The molecule has 1 aliphatic rings. The van der Waals surface area contributed by atoms with Crippen molar-refractivity contribution in [2.75, 3.05) is 13.1 Å². The van der Waals surface area contributed by atoms with Crippen LogP contribution in [0.2, 0.25) is 5.02 Å². The summed E-state index contributed by atoms with van der Waals surface area (Å²) in [7, 11) is 0. The SMILES string of the molecule is CC(C)(C)OC(=O)N1CCC(c2cccc(OCc3ccc(Cl)c4ccoc34)n2)CC1. The molecule has 3 heterocycles. The summed E-state index contributed by atoms with van der Waals surface area (Å²) >= 11 is 6.21. The summed E-state index contributed by atoms with van der Waals surface area (Å²) in [6.07, 6.45) is 3.07. The fourth-order valence-electron chi connectivity index (χ4n) is 3.77. The number of aromatic nitrogens is 1. The van der Waals surface area contributed by atoms with Crippen molar-refractivity contribution in [3.63, 3.8) is 0 Å². The lowest BCUT2D eigenvalue weighted by Gasteiger charge is -2.33. The molecule has 164 valence electrons. The largest absolute Gasteiger partial charge is 0.473 e. The van der Waals surface area contributed by atoms with Crippen molar-refractivity contribution in [3.8, 4) is 5.88 Å². The Bertz CT molecular complexity index is 1060. The highest BCUT2D eigenvalue weighted by atomic mass is 35.5. The number of pyridine rings is 1. The Hall–Kier alpha value is -2.73. The number of piperidine rings is 1. The average Bonchev–Trinajstić information content (AvgIpc) is 3.23. The number of benzene rings is 1. The molecule has 0 atom stereocenters. The molecule has 1 aromatic carbocycles. The quantitative estimate of drug-likeness (QED) is 0.483. The molecule has 1 aliphatic heterocycles. The third-order valence-corrected chi connectivity index (χ3v) is 5.66. The Kier molecular flexibility index (Phi) is 6.10. The first-order valence-corrected chi connectivity index (χ1v) is 10.9. The number of carbonyl (C=O) groups excluding carboxylic acids is 1. The van der Waals surface area contributed by atoms with Gasteiger partial charge in [0.1, 0.15) is 17.8 Å². The first-order valence-electron chi connectivity index (χ1n) is 10.5. The van der Waals surface area contributed by atoms with Crippen LogP contribution in [-0.2, 0) is 11.3 Å². The lowest BCUT2D eigenvalue weighted by molar-refractivity contribution is 0.0204. The van der Waals surface area contributed by atoms with E-state index in [0.717, 1.165) is 35.1 Å². The minimum absolute atomic E-state index is 0.247. The van der Waals surface area contributed by atoms with E-state index in [1.807, 2.05) is 57.2 Å². The fourth-order valence-corrected chi connectivity index (χ4v) is 3.99. The van der Waals surface area contributed by atoms with Crippen LogP contribution in [0.25, 0.3) is 11.0 Å². The zero-order valence-electron chi connectivity index (χ0n) is 18.1. The average molecular weight is 443 g/mol. The van der Waals surface area contributed by atoms with Gasteiger partial charge in [-0.2, -0.15) is 0 Å². The molecule has 1 saturated heterocycles.